The molecular formula is C14H25ClN4O. The van der Waals surface area contributed by atoms with Crippen LogP contribution < -0.4 is 9.64 Å². The van der Waals surface area contributed by atoms with Crippen LogP contribution in [0.2, 0.25) is 5.28 Å². The fraction of sp³-hybridized carbons (Fsp3) is 0.786. The van der Waals surface area contributed by atoms with Gasteiger partial charge in [-0.05, 0) is 30.9 Å². The van der Waals surface area contributed by atoms with Gasteiger partial charge in [-0.3, -0.25) is 0 Å². The molecule has 0 bridgehead atoms. The average Bonchev–Trinajstić information content (AvgIpc) is 2.46. The Morgan fingerprint density at radius 2 is 1.80 bits per heavy atom. The van der Waals surface area contributed by atoms with E-state index in [-0.39, 0.29) is 5.28 Å². The van der Waals surface area contributed by atoms with E-state index in [1.54, 1.807) is 0 Å². The normalized spacial score (nSPS) is 10.9. The van der Waals surface area contributed by atoms with Crippen LogP contribution in [0.4, 0.5) is 5.95 Å². The quantitative estimate of drug-likeness (QED) is 0.698. The summed E-state index contributed by atoms with van der Waals surface area (Å²) in [4.78, 5) is 14.7. The Hall–Kier alpha value is -1.10. The van der Waals surface area contributed by atoms with Crippen molar-refractivity contribution in [2.24, 2.45) is 5.92 Å². The smallest absolute Gasteiger partial charge is 0.322 e. The Bertz CT molecular complexity index is 399. The van der Waals surface area contributed by atoms with Crippen molar-refractivity contribution in [3.8, 4) is 6.01 Å². The van der Waals surface area contributed by atoms with E-state index < -0.39 is 0 Å². The van der Waals surface area contributed by atoms with Crippen molar-refractivity contribution < 1.29 is 4.74 Å². The minimum absolute atomic E-state index is 0.184. The highest BCUT2D eigenvalue weighted by molar-refractivity contribution is 6.28. The molecule has 20 heavy (non-hydrogen) atoms. The fourth-order valence-electron chi connectivity index (χ4n) is 1.93. The van der Waals surface area contributed by atoms with Crippen molar-refractivity contribution in [1.82, 2.24) is 15.0 Å². The van der Waals surface area contributed by atoms with Gasteiger partial charge in [-0.2, -0.15) is 15.0 Å². The van der Waals surface area contributed by atoms with Crippen molar-refractivity contribution in [2.75, 3.05) is 24.6 Å². The second-order valence-corrected chi connectivity index (χ2v) is 5.09. The van der Waals surface area contributed by atoms with Crippen molar-refractivity contribution in [3.63, 3.8) is 0 Å². The lowest BCUT2D eigenvalue weighted by molar-refractivity contribution is 0.291. The molecule has 6 heteroatoms. The summed E-state index contributed by atoms with van der Waals surface area (Å²) in [6, 6.07) is 0.310. The van der Waals surface area contributed by atoms with Crippen LogP contribution in [0.1, 0.15) is 47.0 Å². The van der Waals surface area contributed by atoms with Crippen LogP contribution in [0.3, 0.4) is 0 Å². The molecule has 0 aromatic carbocycles. The lowest BCUT2D eigenvalue weighted by Gasteiger charge is -2.25. The zero-order chi connectivity index (χ0) is 15.0. The molecule has 114 valence electrons. The molecule has 0 N–H and O–H groups in total. The van der Waals surface area contributed by atoms with Crippen LogP contribution in [-0.4, -0.2) is 34.6 Å². The first-order valence-electron chi connectivity index (χ1n) is 7.43. The molecular weight excluding hydrogens is 276 g/mol. The van der Waals surface area contributed by atoms with E-state index in [4.69, 9.17) is 16.3 Å². The van der Waals surface area contributed by atoms with Crippen molar-refractivity contribution in [1.29, 1.82) is 0 Å². The minimum Gasteiger partial charge on any atom is -0.463 e. The molecule has 1 aromatic rings. The van der Waals surface area contributed by atoms with Gasteiger partial charge in [0.15, 0.2) is 0 Å². The Kier molecular flexibility index (Phi) is 7.59. The van der Waals surface area contributed by atoms with Gasteiger partial charge in [-0.25, -0.2) is 0 Å². The zero-order valence-electron chi connectivity index (χ0n) is 12.9. The molecule has 0 fully saturated rings. The van der Waals surface area contributed by atoms with Gasteiger partial charge >= 0.3 is 6.01 Å². The molecule has 0 unspecified atom stereocenters. The summed E-state index contributed by atoms with van der Waals surface area (Å²) in [5, 5.41) is 0.184. The molecule has 1 aromatic heterocycles. The van der Waals surface area contributed by atoms with Crippen LogP contribution in [0.25, 0.3) is 0 Å². The molecule has 1 heterocycles. The molecule has 0 amide bonds. The Labute approximate surface area is 126 Å². The highest BCUT2D eigenvalue weighted by Gasteiger charge is 2.15. The molecule has 0 atom stereocenters. The van der Waals surface area contributed by atoms with E-state index >= 15 is 0 Å². The van der Waals surface area contributed by atoms with Gasteiger partial charge in [0.1, 0.15) is 0 Å². The number of hydrogen-bond acceptors (Lipinski definition) is 5. The topological polar surface area (TPSA) is 51.1 Å². The molecule has 0 aliphatic heterocycles. The number of hydrogen-bond donors (Lipinski definition) is 0. The van der Waals surface area contributed by atoms with E-state index in [0.29, 0.717) is 24.5 Å². The summed E-state index contributed by atoms with van der Waals surface area (Å²) in [5.74, 6) is 1.23. The summed E-state index contributed by atoms with van der Waals surface area (Å²) >= 11 is 5.97. The van der Waals surface area contributed by atoms with Crippen LogP contribution in [0.5, 0.6) is 6.01 Å². The van der Waals surface area contributed by atoms with Gasteiger partial charge < -0.3 is 9.64 Å². The molecule has 0 radical (unpaired) electrons. The first kappa shape index (κ1) is 17.0. The first-order valence-corrected chi connectivity index (χ1v) is 7.81. The van der Waals surface area contributed by atoms with Crippen molar-refractivity contribution in [2.45, 2.75) is 47.0 Å². The summed E-state index contributed by atoms with van der Waals surface area (Å²) in [6.07, 6.45) is 3.19. The van der Waals surface area contributed by atoms with Crippen LogP contribution in [0, 0.1) is 5.92 Å². The van der Waals surface area contributed by atoms with E-state index in [2.05, 4.69) is 40.6 Å². The van der Waals surface area contributed by atoms with Gasteiger partial charge in [-0.15, -0.1) is 0 Å². The summed E-state index contributed by atoms with van der Waals surface area (Å²) in [5.41, 5.74) is 0. The third kappa shape index (κ3) is 5.12. The van der Waals surface area contributed by atoms with Crippen molar-refractivity contribution in [3.05, 3.63) is 5.28 Å². The van der Waals surface area contributed by atoms with E-state index in [9.17, 15) is 0 Å². The van der Waals surface area contributed by atoms with Crippen LogP contribution in [0.15, 0.2) is 0 Å². The third-order valence-corrected chi connectivity index (χ3v) is 3.48. The van der Waals surface area contributed by atoms with Crippen molar-refractivity contribution >= 4 is 17.5 Å². The Balaban J connectivity index is 2.87. The van der Waals surface area contributed by atoms with E-state index in [1.165, 1.54) is 0 Å². The first-order chi connectivity index (χ1) is 9.64. The van der Waals surface area contributed by atoms with Gasteiger partial charge in [0.25, 0.3) is 0 Å². The molecule has 1 rings (SSSR count). The van der Waals surface area contributed by atoms with Crippen LogP contribution in [-0.2, 0) is 0 Å². The summed E-state index contributed by atoms with van der Waals surface area (Å²) in [7, 11) is 0. The lowest BCUT2D eigenvalue weighted by atomic mass is 10.0. The highest BCUT2D eigenvalue weighted by atomic mass is 35.5. The lowest BCUT2D eigenvalue weighted by Crippen LogP contribution is -2.30. The standard InChI is InChI=1S/C14H25ClN4O/c1-5-9-20-14-17-12(15)16-13(18-14)19(8-4)10-11(6-2)7-3/h11H,5-10H2,1-4H3. The van der Waals surface area contributed by atoms with Gasteiger partial charge in [0, 0.05) is 13.1 Å². The Morgan fingerprint density at radius 1 is 1.10 bits per heavy atom. The van der Waals surface area contributed by atoms with Gasteiger partial charge in [0.2, 0.25) is 11.2 Å². The number of halogens is 1. The number of nitrogens with zero attached hydrogens (tertiary/aromatic N) is 4. The van der Waals surface area contributed by atoms with E-state index in [0.717, 1.165) is 32.4 Å². The number of anilines is 1. The maximum absolute atomic E-state index is 5.97. The molecule has 5 nitrogen and oxygen atoms in total. The molecule has 0 spiro atoms. The summed E-state index contributed by atoms with van der Waals surface area (Å²) in [6.45, 7) is 10.9. The average molecular weight is 301 g/mol. The highest BCUT2D eigenvalue weighted by Crippen LogP contribution is 2.18. The minimum atomic E-state index is 0.184. The molecule has 0 aliphatic carbocycles. The zero-order valence-corrected chi connectivity index (χ0v) is 13.7. The molecule has 0 saturated heterocycles. The molecule has 0 saturated carbocycles. The van der Waals surface area contributed by atoms with Gasteiger partial charge in [-0.1, -0.05) is 33.6 Å². The van der Waals surface area contributed by atoms with Crippen LogP contribution >= 0.6 is 11.6 Å². The monoisotopic (exact) mass is 300 g/mol. The summed E-state index contributed by atoms with van der Waals surface area (Å²) < 4.78 is 5.46. The predicted molar refractivity (Wildman–Crippen MR) is 82.6 cm³/mol. The fourth-order valence-corrected chi connectivity index (χ4v) is 2.08. The number of aromatic nitrogens is 3. The maximum Gasteiger partial charge on any atom is 0.322 e. The second-order valence-electron chi connectivity index (χ2n) is 4.76. The molecule has 0 aliphatic rings. The number of rotatable bonds is 9. The largest absolute Gasteiger partial charge is 0.463 e. The van der Waals surface area contributed by atoms with E-state index in [1.807, 2.05) is 6.92 Å². The van der Waals surface area contributed by atoms with Gasteiger partial charge in [0.05, 0.1) is 6.61 Å². The Morgan fingerprint density at radius 3 is 2.35 bits per heavy atom. The maximum atomic E-state index is 5.97. The second kappa shape index (κ2) is 8.95. The number of ether oxygens (including phenoxy) is 1. The SMILES string of the molecule is CCCOc1nc(Cl)nc(N(CC)CC(CC)CC)n1. The predicted octanol–water partition coefficient (Wildman–Crippen LogP) is 3.58. The third-order valence-electron chi connectivity index (χ3n) is 3.31.